The summed E-state index contributed by atoms with van der Waals surface area (Å²) in [5.41, 5.74) is 9.02. The number of rotatable bonds is 7. The second-order valence-electron chi connectivity index (χ2n) is 11.5. The molecule has 0 saturated heterocycles. The fourth-order valence-electron chi connectivity index (χ4n) is 5.97. The molecule has 0 bridgehead atoms. The summed E-state index contributed by atoms with van der Waals surface area (Å²) in [6, 6.07) is 13.2. The number of carbonyl (C=O) groups is 1. The number of nitrogens with zero attached hydrogens (tertiary/aromatic N) is 4. The quantitative estimate of drug-likeness (QED) is 0.297. The van der Waals surface area contributed by atoms with Gasteiger partial charge in [-0.1, -0.05) is 32.0 Å². The van der Waals surface area contributed by atoms with E-state index in [1.807, 2.05) is 49.1 Å². The van der Waals surface area contributed by atoms with Gasteiger partial charge in [-0.25, -0.2) is 5.10 Å². The fourth-order valence-corrected chi connectivity index (χ4v) is 5.97. The molecule has 4 N–H and O–H groups in total. The first kappa shape index (κ1) is 29.5. The molecule has 1 atom stereocenters. The number of pyridine rings is 2. The smallest absolute Gasteiger partial charge is 0.272 e. The van der Waals surface area contributed by atoms with Crippen molar-refractivity contribution in [3.8, 4) is 0 Å². The van der Waals surface area contributed by atoms with Crippen molar-refractivity contribution in [3.05, 3.63) is 99.0 Å². The van der Waals surface area contributed by atoms with Crippen LogP contribution in [0.3, 0.4) is 0 Å². The molecule has 4 aromatic rings. The van der Waals surface area contributed by atoms with Gasteiger partial charge in [-0.05, 0) is 81.3 Å². The Hall–Kier alpha value is -3.95. The summed E-state index contributed by atoms with van der Waals surface area (Å²) >= 11 is 0. The molecule has 0 radical (unpaired) electrons. The molecule has 6 rings (SSSR count). The minimum absolute atomic E-state index is 0.0378. The van der Waals surface area contributed by atoms with E-state index >= 15 is 0 Å². The van der Waals surface area contributed by atoms with Gasteiger partial charge in [0.1, 0.15) is 0 Å². The van der Waals surface area contributed by atoms with Crippen LogP contribution < -0.4 is 11.3 Å². The molecule has 9 heteroatoms. The molecular formula is C33H40N6O3. The van der Waals surface area contributed by atoms with Crippen molar-refractivity contribution in [2.75, 3.05) is 0 Å². The van der Waals surface area contributed by atoms with E-state index in [4.69, 9.17) is 10.7 Å². The number of fused-ring (bicyclic) bond motifs is 2. The number of aliphatic hydroxyl groups is 1. The Morgan fingerprint density at radius 3 is 2.60 bits per heavy atom. The number of H-pyrrole nitrogens is 1. The van der Waals surface area contributed by atoms with E-state index in [0.717, 1.165) is 49.1 Å². The van der Waals surface area contributed by atoms with E-state index in [1.165, 1.54) is 5.56 Å². The Labute approximate surface area is 246 Å². The summed E-state index contributed by atoms with van der Waals surface area (Å²) in [6.07, 6.45) is 7.65. The van der Waals surface area contributed by atoms with Crippen molar-refractivity contribution >= 4 is 16.7 Å². The van der Waals surface area contributed by atoms with Gasteiger partial charge in [0.15, 0.2) is 0 Å². The topological polar surface area (TPSA) is 138 Å². The van der Waals surface area contributed by atoms with Crippen LogP contribution in [0.1, 0.15) is 93.2 Å². The number of nitrogens with two attached hydrogens (primary N) is 1. The van der Waals surface area contributed by atoms with Crippen LogP contribution >= 0.6 is 0 Å². The number of benzene rings is 1. The molecule has 1 amide bonds. The largest absolute Gasteiger partial charge is 0.386 e. The molecule has 3 aromatic heterocycles. The van der Waals surface area contributed by atoms with Crippen molar-refractivity contribution in [2.45, 2.75) is 89.9 Å². The number of aryl methyl sites for hydroxylation is 1. The van der Waals surface area contributed by atoms with Crippen molar-refractivity contribution in [3.63, 3.8) is 0 Å². The van der Waals surface area contributed by atoms with Crippen LogP contribution in [-0.2, 0) is 35.3 Å². The lowest BCUT2D eigenvalue weighted by Crippen LogP contribution is -2.43. The molecule has 1 saturated carbocycles. The SMILES string of the molecule is CC.CC(C)(O)c1ccc(CN(C(=O)C2(c3ccc4c(=O)[nH]nc(CN)c4c3)CC2)C2CCCc3cccnc32)nc1. The number of aromatic amines is 1. The summed E-state index contributed by atoms with van der Waals surface area (Å²) < 4.78 is 0. The third kappa shape index (κ3) is 5.46. The van der Waals surface area contributed by atoms with Crippen LogP contribution in [-0.4, -0.2) is 36.1 Å². The van der Waals surface area contributed by atoms with Gasteiger partial charge in [-0.3, -0.25) is 19.6 Å². The second-order valence-corrected chi connectivity index (χ2v) is 11.5. The van der Waals surface area contributed by atoms with Gasteiger partial charge in [0.05, 0.1) is 46.1 Å². The minimum atomic E-state index is -1.000. The summed E-state index contributed by atoms with van der Waals surface area (Å²) in [6.45, 7) is 7.96. The number of carbonyl (C=O) groups excluding carboxylic acids is 1. The standard InChI is InChI=1S/C31H34N6O3.C2H6/c1-30(2,40)21-8-10-22(34-17-21)18-37(26-7-3-5-19-6-4-14-33-27(19)26)29(39)31(12-13-31)20-9-11-23-24(15-20)25(16-32)35-36-28(23)38;1-2/h4,6,8-11,14-15,17,26,40H,3,5,7,12-13,16,18,32H2,1-2H3,(H,36,38);1-2H3. The monoisotopic (exact) mass is 568 g/mol. The Balaban J connectivity index is 0.00000173. The highest BCUT2D eigenvalue weighted by Crippen LogP contribution is 2.52. The zero-order valence-electron chi connectivity index (χ0n) is 24.9. The number of hydrogen-bond acceptors (Lipinski definition) is 7. The molecule has 1 unspecified atom stereocenters. The van der Waals surface area contributed by atoms with Crippen LogP contribution in [0.25, 0.3) is 10.8 Å². The normalized spacial score (nSPS) is 17.1. The molecule has 0 spiro atoms. The van der Waals surface area contributed by atoms with Crippen LogP contribution in [0.5, 0.6) is 0 Å². The summed E-state index contributed by atoms with van der Waals surface area (Å²) in [7, 11) is 0. The molecule has 3 heterocycles. The molecule has 1 aromatic carbocycles. The van der Waals surface area contributed by atoms with Crippen LogP contribution in [0.4, 0.5) is 0 Å². The van der Waals surface area contributed by atoms with E-state index < -0.39 is 11.0 Å². The molecule has 220 valence electrons. The molecule has 2 aliphatic rings. The minimum Gasteiger partial charge on any atom is -0.386 e. The number of amides is 1. The maximum atomic E-state index is 14.6. The zero-order valence-corrected chi connectivity index (χ0v) is 24.9. The Morgan fingerprint density at radius 2 is 1.93 bits per heavy atom. The summed E-state index contributed by atoms with van der Waals surface area (Å²) in [4.78, 5) is 38.4. The van der Waals surface area contributed by atoms with Crippen LogP contribution in [0.15, 0.2) is 59.7 Å². The molecule has 9 nitrogen and oxygen atoms in total. The van der Waals surface area contributed by atoms with Gasteiger partial charge < -0.3 is 15.7 Å². The van der Waals surface area contributed by atoms with E-state index in [2.05, 4.69) is 21.2 Å². The first-order valence-corrected chi connectivity index (χ1v) is 14.9. The maximum Gasteiger partial charge on any atom is 0.272 e. The van der Waals surface area contributed by atoms with E-state index in [-0.39, 0.29) is 24.1 Å². The first-order valence-electron chi connectivity index (χ1n) is 14.9. The maximum absolute atomic E-state index is 14.6. The lowest BCUT2D eigenvalue weighted by molar-refractivity contribution is -0.137. The van der Waals surface area contributed by atoms with Crippen LogP contribution in [0.2, 0.25) is 0 Å². The highest BCUT2D eigenvalue weighted by Gasteiger charge is 2.54. The predicted molar refractivity (Wildman–Crippen MR) is 162 cm³/mol. The van der Waals surface area contributed by atoms with Crippen molar-refractivity contribution in [2.24, 2.45) is 5.73 Å². The third-order valence-corrected chi connectivity index (χ3v) is 8.44. The average Bonchev–Trinajstić information content (AvgIpc) is 3.82. The first-order chi connectivity index (χ1) is 20.2. The summed E-state index contributed by atoms with van der Waals surface area (Å²) in [5.74, 6) is 0.0378. The second kappa shape index (κ2) is 11.7. The van der Waals surface area contributed by atoms with Crippen molar-refractivity contribution in [1.29, 1.82) is 0 Å². The van der Waals surface area contributed by atoms with Crippen LogP contribution in [0, 0.1) is 0 Å². The van der Waals surface area contributed by atoms with E-state index in [9.17, 15) is 14.7 Å². The van der Waals surface area contributed by atoms with Gasteiger partial charge in [0.25, 0.3) is 5.56 Å². The van der Waals surface area contributed by atoms with E-state index in [0.29, 0.717) is 28.6 Å². The van der Waals surface area contributed by atoms with Gasteiger partial charge in [0.2, 0.25) is 5.91 Å². The molecule has 1 fully saturated rings. The molecule has 0 aliphatic heterocycles. The molecule has 2 aliphatic carbocycles. The molecular weight excluding hydrogens is 528 g/mol. The molecule has 42 heavy (non-hydrogen) atoms. The van der Waals surface area contributed by atoms with Crippen molar-refractivity contribution < 1.29 is 9.90 Å². The Bertz CT molecular complexity index is 1640. The highest BCUT2D eigenvalue weighted by atomic mass is 16.3. The highest BCUT2D eigenvalue weighted by molar-refractivity contribution is 5.94. The lowest BCUT2D eigenvalue weighted by Gasteiger charge is -2.37. The number of hydrogen-bond donors (Lipinski definition) is 3. The summed E-state index contributed by atoms with van der Waals surface area (Å²) in [5, 5.41) is 18.2. The van der Waals surface area contributed by atoms with Gasteiger partial charge in [-0.15, -0.1) is 0 Å². The van der Waals surface area contributed by atoms with Crippen molar-refractivity contribution in [1.82, 2.24) is 25.1 Å². The average molecular weight is 569 g/mol. The van der Waals surface area contributed by atoms with Gasteiger partial charge in [0, 0.05) is 29.9 Å². The number of aromatic nitrogens is 4. The lowest BCUT2D eigenvalue weighted by atomic mass is 9.87. The third-order valence-electron chi connectivity index (χ3n) is 8.44. The Kier molecular flexibility index (Phi) is 8.25. The zero-order chi connectivity index (χ0) is 30.1. The predicted octanol–water partition coefficient (Wildman–Crippen LogP) is 4.56. The van der Waals surface area contributed by atoms with E-state index in [1.54, 1.807) is 32.3 Å². The van der Waals surface area contributed by atoms with Gasteiger partial charge >= 0.3 is 0 Å². The number of nitrogens with one attached hydrogen (secondary N) is 1. The van der Waals surface area contributed by atoms with Gasteiger partial charge in [-0.2, -0.15) is 5.10 Å². The Morgan fingerprint density at radius 1 is 1.14 bits per heavy atom. The fraction of sp³-hybridized carbons (Fsp3) is 0.424.